The minimum Gasteiger partial charge on any atom is -0.404 e. The van der Waals surface area contributed by atoms with Crippen LogP contribution in [0, 0.1) is 0 Å². The summed E-state index contributed by atoms with van der Waals surface area (Å²) in [6.07, 6.45) is 5.11. The number of aromatic nitrogens is 2. The molecular weight excluding hydrogens is 192 g/mol. The van der Waals surface area contributed by atoms with Gasteiger partial charge in [-0.15, -0.1) is 0 Å². The molecule has 0 aliphatic carbocycles. The summed E-state index contributed by atoms with van der Waals surface area (Å²) in [7, 11) is 0. The number of nitrogen functional groups attached to an aromatic ring is 1. The zero-order chi connectivity index (χ0) is 10.7. The minimum absolute atomic E-state index is 0.569. The van der Waals surface area contributed by atoms with Crippen LogP contribution < -0.4 is 16.8 Å². The molecule has 0 bridgehead atoms. The zero-order valence-electron chi connectivity index (χ0n) is 8.33. The Labute approximate surface area is 87.4 Å². The van der Waals surface area contributed by atoms with E-state index in [-0.39, 0.29) is 0 Å². The van der Waals surface area contributed by atoms with Crippen LogP contribution in [-0.4, -0.2) is 22.6 Å². The first-order valence-electron chi connectivity index (χ1n) is 4.82. The Morgan fingerprint density at radius 3 is 3.07 bits per heavy atom. The van der Waals surface area contributed by atoms with Crippen molar-refractivity contribution in [2.75, 3.05) is 17.6 Å². The van der Waals surface area contributed by atoms with Crippen molar-refractivity contribution >= 4 is 17.3 Å². The molecule has 0 atom stereocenters. The summed E-state index contributed by atoms with van der Waals surface area (Å²) >= 11 is 0. The lowest BCUT2D eigenvalue weighted by atomic mass is 10.1. The number of hydrogen-bond donors (Lipinski definition) is 4. The second-order valence-corrected chi connectivity index (χ2v) is 3.35. The Hall–Kier alpha value is -1.98. The highest BCUT2D eigenvalue weighted by molar-refractivity contribution is 6.08. The van der Waals surface area contributed by atoms with Crippen LogP contribution in [0.5, 0.6) is 0 Å². The molecule has 15 heavy (non-hydrogen) atoms. The standard InChI is InChI=1S/C9H14N6/c10-4-6-2-1-3-12-8(6)14-9-7(11)5-13-15-9/h4-5H,1-3,10-11H2,(H2,12,13,14,15). The van der Waals surface area contributed by atoms with E-state index in [4.69, 9.17) is 11.5 Å². The third kappa shape index (κ3) is 1.93. The Balaban J connectivity index is 2.18. The van der Waals surface area contributed by atoms with Crippen molar-refractivity contribution in [1.82, 2.24) is 10.2 Å². The topological polar surface area (TPSA) is 105 Å². The fourth-order valence-corrected chi connectivity index (χ4v) is 1.48. The van der Waals surface area contributed by atoms with E-state index < -0.39 is 0 Å². The molecule has 1 aliphatic rings. The summed E-state index contributed by atoms with van der Waals surface area (Å²) in [5.74, 6) is 1.44. The molecule has 0 aromatic carbocycles. The molecule has 0 unspecified atom stereocenters. The molecule has 6 nitrogen and oxygen atoms in total. The monoisotopic (exact) mass is 206 g/mol. The lowest BCUT2D eigenvalue weighted by Gasteiger charge is -2.16. The van der Waals surface area contributed by atoms with Crippen LogP contribution in [0.25, 0.3) is 0 Å². The molecule has 0 saturated heterocycles. The SMILES string of the molecule is NC=C1CCCN=C1Nc1[nH]ncc1N. The highest BCUT2D eigenvalue weighted by atomic mass is 15.2. The minimum atomic E-state index is 0.569. The van der Waals surface area contributed by atoms with Crippen molar-refractivity contribution in [3.05, 3.63) is 18.0 Å². The van der Waals surface area contributed by atoms with Crippen molar-refractivity contribution in [1.29, 1.82) is 0 Å². The smallest absolute Gasteiger partial charge is 0.150 e. The van der Waals surface area contributed by atoms with Gasteiger partial charge in [0, 0.05) is 18.3 Å². The number of H-pyrrole nitrogens is 1. The Morgan fingerprint density at radius 1 is 1.53 bits per heavy atom. The number of amidine groups is 1. The summed E-state index contributed by atoms with van der Waals surface area (Å²) in [4.78, 5) is 4.35. The molecule has 0 spiro atoms. The molecule has 0 saturated carbocycles. The Morgan fingerprint density at radius 2 is 2.40 bits per heavy atom. The number of rotatable bonds is 1. The highest BCUT2D eigenvalue weighted by Gasteiger charge is 2.13. The Kier molecular flexibility index (Phi) is 2.57. The molecular formula is C9H14N6. The van der Waals surface area contributed by atoms with Crippen LogP contribution in [0.1, 0.15) is 12.8 Å². The summed E-state index contributed by atoms with van der Waals surface area (Å²) < 4.78 is 0. The average molecular weight is 206 g/mol. The molecule has 0 amide bonds. The predicted octanol–water partition coefficient (Wildman–Crippen LogP) is 0.439. The number of anilines is 2. The van der Waals surface area contributed by atoms with Gasteiger partial charge in [-0.2, -0.15) is 5.10 Å². The number of hydrogen-bond acceptors (Lipinski definition) is 5. The van der Waals surface area contributed by atoms with Crippen LogP contribution in [0.15, 0.2) is 23.0 Å². The van der Waals surface area contributed by atoms with Gasteiger partial charge in [-0.3, -0.25) is 10.1 Å². The zero-order valence-corrected chi connectivity index (χ0v) is 8.33. The lowest BCUT2D eigenvalue weighted by molar-refractivity contribution is 0.811. The van der Waals surface area contributed by atoms with Gasteiger partial charge in [0.2, 0.25) is 0 Å². The third-order valence-corrected chi connectivity index (χ3v) is 2.29. The van der Waals surface area contributed by atoms with E-state index in [1.165, 1.54) is 0 Å². The van der Waals surface area contributed by atoms with Crippen molar-refractivity contribution < 1.29 is 0 Å². The maximum absolute atomic E-state index is 5.68. The molecule has 1 aliphatic heterocycles. The molecule has 0 fully saturated rings. The lowest BCUT2D eigenvalue weighted by Crippen LogP contribution is -2.21. The van der Waals surface area contributed by atoms with E-state index in [2.05, 4.69) is 20.5 Å². The van der Waals surface area contributed by atoms with Gasteiger partial charge in [-0.05, 0) is 12.8 Å². The molecule has 1 aromatic rings. The number of nitrogens with one attached hydrogen (secondary N) is 2. The van der Waals surface area contributed by atoms with Gasteiger partial charge in [-0.1, -0.05) is 0 Å². The number of nitrogens with zero attached hydrogens (tertiary/aromatic N) is 2. The maximum atomic E-state index is 5.68. The van der Waals surface area contributed by atoms with Gasteiger partial charge in [0.05, 0.1) is 11.9 Å². The van der Waals surface area contributed by atoms with Crippen LogP contribution in [0.4, 0.5) is 11.5 Å². The van der Waals surface area contributed by atoms with E-state index >= 15 is 0 Å². The van der Waals surface area contributed by atoms with Crippen LogP contribution >= 0.6 is 0 Å². The third-order valence-electron chi connectivity index (χ3n) is 2.29. The van der Waals surface area contributed by atoms with Crippen LogP contribution in [-0.2, 0) is 0 Å². The van der Waals surface area contributed by atoms with E-state index in [1.807, 2.05) is 0 Å². The van der Waals surface area contributed by atoms with Crippen molar-refractivity contribution in [2.45, 2.75) is 12.8 Å². The summed E-state index contributed by atoms with van der Waals surface area (Å²) in [6.45, 7) is 0.813. The molecule has 6 heteroatoms. The second-order valence-electron chi connectivity index (χ2n) is 3.35. The molecule has 2 heterocycles. The first kappa shape index (κ1) is 9.57. The van der Waals surface area contributed by atoms with Crippen LogP contribution in [0.3, 0.4) is 0 Å². The van der Waals surface area contributed by atoms with E-state index in [9.17, 15) is 0 Å². The summed E-state index contributed by atoms with van der Waals surface area (Å²) in [5, 5.41) is 9.67. The number of aliphatic imine (C=N–C) groups is 1. The van der Waals surface area contributed by atoms with Gasteiger partial charge in [0.15, 0.2) is 5.82 Å². The summed E-state index contributed by atoms with van der Waals surface area (Å²) in [6, 6.07) is 0. The Bertz CT molecular complexity index is 402. The first-order chi connectivity index (χ1) is 7.31. The fraction of sp³-hybridized carbons (Fsp3) is 0.333. The highest BCUT2D eigenvalue weighted by Crippen LogP contribution is 2.18. The van der Waals surface area contributed by atoms with Crippen LogP contribution in [0.2, 0.25) is 0 Å². The largest absolute Gasteiger partial charge is 0.404 e. The van der Waals surface area contributed by atoms with Gasteiger partial charge in [0.25, 0.3) is 0 Å². The normalized spacial score (nSPS) is 18.9. The first-order valence-corrected chi connectivity index (χ1v) is 4.82. The predicted molar refractivity (Wildman–Crippen MR) is 60.4 cm³/mol. The van der Waals surface area contributed by atoms with Crippen molar-refractivity contribution in [3.63, 3.8) is 0 Å². The number of nitrogens with two attached hydrogens (primary N) is 2. The van der Waals surface area contributed by atoms with E-state index in [0.29, 0.717) is 11.5 Å². The van der Waals surface area contributed by atoms with E-state index in [0.717, 1.165) is 30.8 Å². The molecule has 1 aromatic heterocycles. The second kappa shape index (κ2) is 4.04. The molecule has 6 N–H and O–H groups in total. The average Bonchev–Trinajstić information content (AvgIpc) is 2.65. The fourth-order valence-electron chi connectivity index (χ4n) is 1.48. The van der Waals surface area contributed by atoms with Crippen molar-refractivity contribution in [2.24, 2.45) is 10.7 Å². The van der Waals surface area contributed by atoms with E-state index in [1.54, 1.807) is 12.4 Å². The quantitative estimate of drug-likeness (QED) is 0.535. The van der Waals surface area contributed by atoms with Gasteiger partial charge in [-0.25, -0.2) is 0 Å². The van der Waals surface area contributed by atoms with Gasteiger partial charge >= 0.3 is 0 Å². The molecule has 80 valence electrons. The van der Waals surface area contributed by atoms with Gasteiger partial charge < -0.3 is 16.8 Å². The molecule has 2 rings (SSSR count). The van der Waals surface area contributed by atoms with Gasteiger partial charge in [0.1, 0.15) is 5.84 Å². The maximum Gasteiger partial charge on any atom is 0.150 e. The molecule has 0 radical (unpaired) electrons. The van der Waals surface area contributed by atoms with Crippen molar-refractivity contribution in [3.8, 4) is 0 Å². The summed E-state index contributed by atoms with van der Waals surface area (Å²) in [5.41, 5.74) is 12.8. The number of aromatic amines is 1.